The fourth-order valence-electron chi connectivity index (χ4n) is 1.66. The third kappa shape index (κ3) is 7.33. The average molecular weight is 316 g/mol. The third-order valence-electron chi connectivity index (χ3n) is 2.59. The lowest BCUT2D eigenvalue weighted by atomic mass is 10.0. The van der Waals surface area contributed by atoms with Gasteiger partial charge in [0.25, 0.3) is 0 Å². The molecule has 120 valence electrons. The van der Waals surface area contributed by atoms with Gasteiger partial charge < -0.3 is 9.84 Å². The number of hydrogen-bond donors (Lipinski definition) is 1. The summed E-state index contributed by atoms with van der Waals surface area (Å²) in [6.07, 6.45) is -10.2. The van der Waals surface area contributed by atoms with Gasteiger partial charge in [0.2, 0.25) is 0 Å². The van der Waals surface area contributed by atoms with Crippen molar-refractivity contribution in [2.75, 3.05) is 13.2 Å². The van der Waals surface area contributed by atoms with Crippen molar-refractivity contribution in [1.82, 2.24) is 0 Å². The second kappa shape index (κ2) is 7.13. The predicted molar refractivity (Wildman–Crippen MR) is 62.6 cm³/mol. The van der Waals surface area contributed by atoms with E-state index in [1.54, 1.807) is 0 Å². The zero-order valence-corrected chi connectivity index (χ0v) is 10.8. The summed E-state index contributed by atoms with van der Waals surface area (Å²) in [4.78, 5) is 0. The Hall–Kier alpha value is -1.28. The molecule has 1 unspecified atom stereocenters. The van der Waals surface area contributed by atoms with Gasteiger partial charge in [0.05, 0.1) is 11.7 Å². The Kier molecular flexibility index (Phi) is 6.03. The van der Waals surface area contributed by atoms with Crippen LogP contribution in [0.3, 0.4) is 0 Å². The summed E-state index contributed by atoms with van der Waals surface area (Å²) in [5, 5.41) is 9.58. The normalized spacial score (nSPS) is 14.2. The Morgan fingerprint density at radius 3 is 2.33 bits per heavy atom. The largest absolute Gasteiger partial charge is 0.416 e. The molecular weight excluding hydrogens is 302 g/mol. The van der Waals surface area contributed by atoms with E-state index in [4.69, 9.17) is 0 Å². The van der Waals surface area contributed by atoms with Crippen molar-refractivity contribution in [3.8, 4) is 0 Å². The molecule has 0 saturated heterocycles. The molecule has 0 aliphatic carbocycles. The number of ether oxygens (including phenoxy) is 1. The Bertz CT molecular complexity index is 441. The van der Waals surface area contributed by atoms with Crippen LogP contribution in [0.4, 0.5) is 26.3 Å². The molecule has 0 bridgehead atoms. The van der Waals surface area contributed by atoms with Crippen LogP contribution in [0.25, 0.3) is 0 Å². The summed E-state index contributed by atoms with van der Waals surface area (Å²) in [5.74, 6) is 0. The highest BCUT2D eigenvalue weighted by molar-refractivity contribution is 5.26. The first-order valence-corrected chi connectivity index (χ1v) is 6.06. The Morgan fingerprint density at radius 2 is 1.76 bits per heavy atom. The molecule has 1 N–H and O–H groups in total. The third-order valence-corrected chi connectivity index (χ3v) is 2.59. The minimum absolute atomic E-state index is 0.0840. The van der Waals surface area contributed by atoms with Crippen LogP contribution in [-0.2, 0) is 17.3 Å². The second-order valence-corrected chi connectivity index (χ2v) is 4.51. The monoisotopic (exact) mass is 316 g/mol. The van der Waals surface area contributed by atoms with Gasteiger partial charge in [-0.3, -0.25) is 0 Å². The van der Waals surface area contributed by atoms with Crippen LogP contribution < -0.4 is 0 Å². The lowest BCUT2D eigenvalue weighted by Gasteiger charge is -2.13. The molecule has 21 heavy (non-hydrogen) atoms. The van der Waals surface area contributed by atoms with Crippen molar-refractivity contribution in [2.24, 2.45) is 0 Å². The van der Waals surface area contributed by atoms with E-state index in [0.29, 0.717) is 0 Å². The van der Waals surface area contributed by atoms with E-state index in [2.05, 4.69) is 4.74 Å². The van der Waals surface area contributed by atoms with Crippen molar-refractivity contribution in [3.63, 3.8) is 0 Å². The van der Waals surface area contributed by atoms with E-state index in [9.17, 15) is 31.4 Å². The average Bonchev–Trinajstić information content (AvgIpc) is 2.33. The molecule has 0 amide bonds. The van der Waals surface area contributed by atoms with Crippen LogP contribution in [-0.4, -0.2) is 30.6 Å². The summed E-state index contributed by atoms with van der Waals surface area (Å²) in [6.45, 7) is -1.73. The van der Waals surface area contributed by atoms with Crippen LogP contribution >= 0.6 is 0 Å². The fourth-order valence-corrected chi connectivity index (χ4v) is 1.66. The smallest absolute Gasteiger partial charge is 0.393 e. The molecule has 8 heteroatoms. The minimum atomic E-state index is -4.48. The van der Waals surface area contributed by atoms with E-state index in [0.717, 1.165) is 12.1 Å². The van der Waals surface area contributed by atoms with Crippen LogP contribution in [0.5, 0.6) is 0 Å². The fraction of sp³-hybridized carbons (Fsp3) is 0.538. The van der Waals surface area contributed by atoms with E-state index < -0.39 is 30.6 Å². The van der Waals surface area contributed by atoms with E-state index >= 15 is 0 Å². The number of benzene rings is 1. The maximum absolute atomic E-state index is 12.5. The summed E-state index contributed by atoms with van der Waals surface area (Å²) in [6, 6.07) is 4.43. The molecule has 1 atom stereocenters. The standard InChI is InChI=1S/C13H14F6O2/c14-12(15,16)8-21-5-4-11(20)7-9-2-1-3-10(6-9)13(17,18)19/h1-3,6,11,20H,4-5,7-8H2. The van der Waals surface area contributed by atoms with Crippen LogP contribution in [0, 0.1) is 0 Å². The van der Waals surface area contributed by atoms with Crippen molar-refractivity contribution in [3.05, 3.63) is 35.4 Å². The molecule has 0 radical (unpaired) electrons. The molecule has 1 aromatic carbocycles. The summed E-state index contributed by atoms with van der Waals surface area (Å²) in [7, 11) is 0. The molecule has 1 rings (SSSR count). The van der Waals surface area contributed by atoms with Gasteiger partial charge in [0.1, 0.15) is 6.61 Å². The topological polar surface area (TPSA) is 29.5 Å². The molecule has 0 saturated carbocycles. The lowest BCUT2D eigenvalue weighted by Crippen LogP contribution is -2.20. The maximum atomic E-state index is 12.5. The lowest BCUT2D eigenvalue weighted by molar-refractivity contribution is -0.175. The zero-order chi connectivity index (χ0) is 16.1. The van der Waals surface area contributed by atoms with Crippen LogP contribution in [0.1, 0.15) is 17.5 Å². The van der Waals surface area contributed by atoms with Gasteiger partial charge in [-0.1, -0.05) is 18.2 Å². The number of hydrogen-bond acceptors (Lipinski definition) is 2. The molecule has 0 aromatic heterocycles. The van der Waals surface area contributed by atoms with Crippen LogP contribution in [0.15, 0.2) is 24.3 Å². The van der Waals surface area contributed by atoms with E-state index in [1.165, 1.54) is 12.1 Å². The molecule has 0 aliphatic heterocycles. The number of alkyl halides is 6. The molecule has 2 nitrogen and oxygen atoms in total. The molecule has 0 fully saturated rings. The summed E-state index contributed by atoms with van der Waals surface area (Å²) in [5.41, 5.74) is -0.575. The minimum Gasteiger partial charge on any atom is -0.393 e. The first kappa shape index (κ1) is 17.8. The maximum Gasteiger partial charge on any atom is 0.416 e. The predicted octanol–water partition coefficient (Wildman–Crippen LogP) is 3.58. The Morgan fingerprint density at radius 1 is 1.10 bits per heavy atom. The van der Waals surface area contributed by atoms with Crippen molar-refractivity contribution < 1.29 is 36.2 Å². The molecular formula is C13H14F6O2. The number of aliphatic hydroxyl groups is 1. The molecule has 0 aliphatic rings. The molecule has 1 aromatic rings. The zero-order valence-electron chi connectivity index (χ0n) is 10.8. The van der Waals surface area contributed by atoms with Crippen LogP contribution in [0.2, 0.25) is 0 Å². The quantitative estimate of drug-likeness (QED) is 0.642. The van der Waals surface area contributed by atoms with E-state index in [1.807, 2.05) is 0 Å². The van der Waals surface area contributed by atoms with E-state index in [-0.39, 0.29) is 25.0 Å². The number of aliphatic hydroxyl groups excluding tert-OH is 1. The number of rotatable bonds is 6. The highest BCUT2D eigenvalue weighted by atomic mass is 19.4. The van der Waals surface area contributed by atoms with Crippen molar-refractivity contribution >= 4 is 0 Å². The Labute approximate surface area is 117 Å². The summed E-state index contributed by atoms with van der Waals surface area (Å²) < 4.78 is 77.1. The SMILES string of the molecule is OC(CCOCC(F)(F)F)Cc1cccc(C(F)(F)F)c1. The highest BCUT2D eigenvalue weighted by Crippen LogP contribution is 2.29. The molecule has 0 heterocycles. The second-order valence-electron chi connectivity index (χ2n) is 4.51. The first-order valence-electron chi connectivity index (χ1n) is 6.06. The van der Waals surface area contributed by atoms with Crippen molar-refractivity contribution in [1.29, 1.82) is 0 Å². The van der Waals surface area contributed by atoms with Gasteiger partial charge in [-0.15, -0.1) is 0 Å². The summed E-state index contributed by atoms with van der Waals surface area (Å²) >= 11 is 0. The number of halogens is 6. The Balaban J connectivity index is 2.43. The van der Waals surface area contributed by atoms with Gasteiger partial charge in [-0.05, 0) is 24.5 Å². The van der Waals surface area contributed by atoms with Gasteiger partial charge in [-0.2, -0.15) is 26.3 Å². The molecule has 0 spiro atoms. The highest BCUT2D eigenvalue weighted by Gasteiger charge is 2.30. The van der Waals surface area contributed by atoms with Gasteiger partial charge >= 0.3 is 12.4 Å². The van der Waals surface area contributed by atoms with Crippen molar-refractivity contribution in [2.45, 2.75) is 31.3 Å². The van der Waals surface area contributed by atoms with Gasteiger partial charge in [-0.25, -0.2) is 0 Å². The van der Waals surface area contributed by atoms with Gasteiger partial charge in [0.15, 0.2) is 0 Å². The first-order chi connectivity index (χ1) is 9.58. The van der Waals surface area contributed by atoms with Gasteiger partial charge in [0, 0.05) is 6.61 Å².